The van der Waals surface area contributed by atoms with E-state index in [0.717, 1.165) is 0 Å². The summed E-state index contributed by atoms with van der Waals surface area (Å²) < 4.78 is 0. The van der Waals surface area contributed by atoms with Crippen LogP contribution < -0.4 is 0 Å². The van der Waals surface area contributed by atoms with E-state index in [4.69, 9.17) is 0 Å². The van der Waals surface area contributed by atoms with Gasteiger partial charge in [-0.05, 0) is 16.5 Å². The lowest BCUT2D eigenvalue weighted by Gasteiger charge is -1.98. The monoisotopic (exact) mass is 179 g/mol. The van der Waals surface area contributed by atoms with Gasteiger partial charge >= 0.3 is 0 Å². The maximum Gasteiger partial charge on any atom is 0.132 e. The van der Waals surface area contributed by atoms with Gasteiger partial charge in [0.15, 0.2) is 0 Å². The molecule has 0 amide bonds. The first-order valence-corrected chi connectivity index (χ1v) is 6.19. The zero-order chi connectivity index (χ0) is 8.97. The van der Waals surface area contributed by atoms with E-state index >= 15 is 0 Å². The van der Waals surface area contributed by atoms with Gasteiger partial charge in [-0.15, -0.1) is 0 Å². The van der Waals surface area contributed by atoms with E-state index in [9.17, 15) is 0 Å². The fraction of sp³-hybridized carbons (Fsp3) is 0.273. The second kappa shape index (κ2) is 4.36. The molecule has 12 heavy (non-hydrogen) atoms. The summed E-state index contributed by atoms with van der Waals surface area (Å²) in [5.74, 6) is 1.19. The first kappa shape index (κ1) is 9.40. The van der Waals surface area contributed by atoms with E-state index in [1.165, 1.54) is 16.9 Å². The van der Waals surface area contributed by atoms with Crippen molar-refractivity contribution in [1.82, 2.24) is 0 Å². The van der Waals surface area contributed by atoms with Gasteiger partial charge in [-0.3, -0.25) is 0 Å². The van der Waals surface area contributed by atoms with Gasteiger partial charge in [-0.2, -0.15) is 0 Å². The quantitative estimate of drug-likeness (QED) is 0.626. The van der Waals surface area contributed by atoms with Crippen LogP contribution in [0.4, 0.5) is 0 Å². The second-order valence-electron chi connectivity index (χ2n) is 3.08. The van der Waals surface area contributed by atoms with Crippen molar-refractivity contribution in [2.45, 2.75) is 5.75 Å². The highest BCUT2D eigenvalue weighted by Crippen LogP contribution is 2.08. The molecular weight excluding hydrogens is 164 g/mol. The van der Waals surface area contributed by atoms with Crippen LogP contribution in [0.25, 0.3) is 6.08 Å². The van der Waals surface area contributed by atoms with E-state index in [0.29, 0.717) is 10.9 Å². The molecule has 0 nitrogen and oxygen atoms in total. The average Bonchev–Trinajstić information content (AvgIpc) is 2.05. The molecule has 1 rings (SSSR count). The minimum absolute atomic E-state index is 0.499. The van der Waals surface area contributed by atoms with Gasteiger partial charge in [0.05, 0.1) is 12.5 Å². The van der Waals surface area contributed by atoms with E-state index < -0.39 is 0 Å². The van der Waals surface area contributed by atoms with E-state index in [2.05, 4.69) is 43.4 Å². The highest BCUT2D eigenvalue weighted by atomic mass is 32.2. The summed E-state index contributed by atoms with van der Waals surface area (Å²) in [7, 11) is 0.499. The van der Waals surface area contributed by atoms with Crippen LogP contribution in [-0.2, 0) is 16.6 Å². The smallest absolute Gasteiger partial charge is 0.0985 e. The van der Waals surface area contributed by atoms with Crippen molar-refractivity contribution in [2.24, 2.45) is 0 Å². The molecule has 0 heterocycles. The van der Waals surface area contributed by atoms with Gasteiger partial charge in [0, 0.05) is 5.56 Å². The zero-order valence-corrected chi connectivity index (χ0v) is 8.53. The first-order valence-electron chi connectivity index (χ1n) is 3.98. The predicted octanol–water partition coefficient (Wildman–Crippen LogP) is 2.71. The summed E-state index contributed by atoms with van der Waals surface area (Å²) in [5.41, 5.74) is 2.62. The Kier molecular flexibility index (Phi) is 3.42. The molecule has 0 aliphatic heterocycles. The van der Waals surface area contributed by atoms with Crippen LogP contribution in [0.3, 0.4) is 0 Å². The fourth-order valence-electron chi connectivity index (χ4n) is 1.08. The third-order valence-electron chi connectivity index (χ3n) is 1.67. The minimum Gasteiger partial charge on any atom is -0.0985 e. The summed E-state index contributed by atoms with van der Waals surface area (Å²) in [6.07, 6.45) is 6.41. The van der Waals surface area contributed by atoms with Crippen LogP contribution in [0, 0.1) is 0 Å². The molecule has 0 saturated heterocycles. The molecule has 0 saturated carbocycles. The van der Waals surface area contributed by atoms with Crippen molar-refractivity contribution in [3.63, 3.8) is 0 Å². The van der Waals surface area contributed by atoms with Gasteiger partial charge in [0.1, 0.15) is 5.75 Å². The van der Waals surface area contributed by atoms with Crippen molar-refractivity contribution in [3.8, 4) is 0 Å². The standard InChI is InChI=1S/C11H15S/c1-4-10-5-7-11(8-6-10)9-12(2)3/h4-8H,1,9H2,2-3H3/q+1. The fourth-order valence-corrected chi connectivity index (χ4v) is 1.94. The maximum absolute atomic E-state index is 3.72. The van der Waals surface area contributed by atoms with E-state index in [-0.39, 0.29) is 0 Å². The van der Waals surface area contributed by atoms with E-state index in [1.54, 1.807) is 0 Å². The Balaban J connectivity index is 2.71. The third-order valence-corrected chi connectivity index (χ3v) is 2.58. The Morgan fingerprint density at radius 1 is 1.25 bits per heavy atom. The van der Waals surface area contributed by atoms with Crippen LogP contribution in [0.2, 0.25) is 0 Å². The Morgan fingerprint density at radius 2 is 1.83 bits per heavy atom. The molecule has 0 aliphatic rings. The highest BCUT2D eigenvalue weighted by molar-refractivity contribution is 7.94. The van der Waals surface area contributed by atoms with Gasteiger partial charge in [0.2, 0.25) is 0 Å². The third kappa shape index (κ3) is 2.74. The molecule has 0 radical (unpaired) electrons. The molecule has 0 spiro atoms. The number of hydrogen-bond donors (Lipinski definition) is 0. The summed E-state index contributed by atoms with van der Waals surface area (Å²) in [4.78, 5) is 0. The van der Waals surface area contributed by atoms with Crippen molar-refractivity contribution >= 4 is 17.0 Å². The Bertz CT molecular complexity index is 246. The minimum atomic E-state index is 0.499. The van der Waals surface area contributed by atoms with Crippen LogP contribution in [0.5, 0.6) is 0 Å². The normalized spacial score (nSPS) is 10.2. The summed E-state index contributed by atoms with van der Waals surface area (Å²) in [6.45, 7) is 3.72. The van der Waals surface area contributed by atoms with Crippen molar-refractivity contribution in [2.75, 3.05) is 12.5 Å². The van der Waals surface area contributed by atoms with Gasteiger partial charge < -0.3 is 0 Å². The summed E-state index contributed by atoms with van der Waals surface area (Å²) in [6, 6.07) is 8.61. The van der Waals surface area contributed by atoms with Gasteiger partial charge in [-0.1, -0.05) is 36.9 Å². The number of hydrogen-bond acceptors (Lipinski definition) is 0. The molecule has 64 valence electrons. The van der Waals surface area contributed by atoms with Crippen molar-refractivity contribution in [1.29, 1.82) is 0 Å². The molecule has 0 aromatic heterocycles. The molecule has 0 fully saturated rings. The van der Waals surface area contributed by atoms with Crippen molar-refractivity contribution < 1.29 is 0 Å². The first-order chi connectivity index (χ1) is 5.72. The maximum atomic E-state index is 3.72. The molecule has 0 N–H and O–H groups in total. The van der Waals surface area contributed by atoms with Crippen LogP contribution in [-0.4, -0.2) is 12.5 Å². The molecule has 0 aliphatic carbocycles. The lowest BCUT2D eigenvalue weighted by atomic mass is 10.1. The molecule has 1 aromatic carbocycles. The Labute approximate surface area is 77.7 Å². The molecule has 1 aromatic rings. The SMILES string of the molecule is C=Cc1ccc(C[S+](C)C)cc1. The predicted molar refractivity (Wildman–Crippen MR) is 59.5 cm³/mol. The van der Waals surface area contributed by atoms with Crippen LogP contribution in [0.1, 0.15) is 11.1 Å². The number of rotatable bonds is 3. The van der Waals surface area contributed by atoms with E-state index in [1.807, 2.05) is 6.08 Å². The van der Waals surface area contributed by atoms with Crippen LogP contribution in [0.15, 0.2) is 30.8 Å². The highest BCUT2D eigenvalue weighted by Gasteiger charge is 2.03. The van der Waals surface area contributed by atoms with Gasteiger partial charge in [-0.25, -0.2) is 0 Å². The topological polar surface area (TPSA) is 0 Å². The van der Waals surface area contributed by atoms with Crippen LogP contribution >= 0.6 is 0 Å². The molecular formula is C11H15S+. The lowest BCUT2D eigenvalue weighted by Crippen LogP contribution is -1.98. The molecule has 0 unspecified atom stereocenters. The summed E-state index contributed by atoms with van der Waals surface area (Å²) in [5, 5.41) is 0. The average molecular weight is 179 g/mol. The molecule has 0 bridgehead atoms. The second-order valence-corrected chi connectivity index (χ2v) is 5.34. The number of benzene rings is 1. The molecule has 0 atom stereocenters. The molecule has 1 heteroatoms. The zero-order valence-electron chi connectivity index (χ0n) is 7.71. The summed E-state index contributed by atoms with van der Waals surface area (Å²) >= 11 is 0. The lowest BCUT2D eigenvalue weighted by molar-refractivity contribution is 1.40. The Morgan fingerprint density at radius 3 is 2.25 bits per heavy atom. The van der Waals surface area contributed by atoms with Crippen molar-refractivity contribution in [3.05, 3.63) is 42.0 Å². The Hall–Kier alpha value is -0.690. The van der Waals surface area contributed by atoms with Gasteiger partial charge in [0.25, 0.3) is 0 Å². The largest absolute Gasteiger partial charge is 0.132 e.